The largest absolute Gasteiger partial charge is 0.481 e. The number of hydrogen-bond donors (Lipinski definition) is 2. The molecule has 0 saturated carbocycles. The standard InChI is InChI=1S/C11H20O5/c12-8-5-9-16-11(15)7-4-2-1-3-6-10(13)14/h12H,1-9H2,(H,13,14). The molecule has 0 bridgehead atoms. The second-order valence-corrected chi connectivity index (χ2v) is 3.61. The highest BCUT2D eigenvalue weighted by Gasteiger charge is 2.02. The Morgan fingerprint density at radius 3 is 2.12 bits per heavy atom. The summed E-state index contributed by atoms with van der Waals surface area (Å²) in [4.78, 5) is 21.3. The van der Waals surface area contributed by atoms with Crippen molar-refractivity contribution < 1.29 is 24.5 Å². The monoisotopic (exact) mass is 232 g/mol. The van der Waals surface area contributed by atoms with Crippen LogP contribution in [0.4, 0.5) is 0 Å². The van der Waals surface area contributed by atoms with Crippen LogP contribution < -0.4 is 0 Å². The molecule has 0 aromatic carbocycles. The van der Waals surface area contributed by atoms with E-state index in [1.807, 2.05) is 0 Å². The molecule has 0 aliphatic heterocycles. The van der Waals surface area contributed by atoms with E-state index in [0.717, 1.165) is 19.3 Å². The van der Waals surface area contributed by atoms with Gasteiger partial charge < -0.3 is 14.9 Å². The number of carboxylic acid groups (broad SMARTS) is 1. The van der Waals surface area contributed by atoms with Crippen LogP contribution in [-0.4, -0.2) is 35.4 Å². The molecule has 0 fully saturated rings. The van der Waals surface area contributed by atoms with Crippen molar-refractivity contribution in [3.8, 4) is 0 Å². The van der Waals surface area contributed by atoms with Crippen molar-refractivity contribution in [1.82, 2.24) is 0 Å². The minimum Gasteiger partial charge on any atom is -0.481 e. The molecular formula is C11H20O5. The Hall–Kier alpha value is -1.10. The van der Waals surface area contributed by atoms with E-state index in [-0.39, 0.29) is 25.6 Å². The van der Waals surface area contributed by atoms with Crippen molar-refractivity contribution in [1.29, 1.82) is 0 Å². The third kappa shape index (κ3) is 11.0. The van der Waals surface area contributed by atoms with Crippen molar-refractivity contribution >= 4 is 11.9 Å². The Kier molecular flexibility index (Phi) is 9.70. The molecule has 94 valence electrons. The molecule has 0 radical (unpaired) electrons. The van der Waals surface area contributed by atoms with Gasteiger partial charge in [-0.2, -0.15) is 0 Å². The average Bonchev–Trinajstić information content (AvgIpc) is 2.23. The molecule has 0 saturated heterocycles. The highest BCUT2D eigenvalue weighted by molar-refractivity contribution is 5.69. The first kappa shape index (κ1) is 14.9. The number of carbonyl (C=O) groups is 2. The Labute approximate surface area is 95.4 Å². The topological polar surface area (TPSA) is 83.8 Å². The maximum atomic E-state index is 11.1. The van der Waals surface area contributed by atoms with E-state index in [9.17, 15) is 9.59 Å². The lowest BCUT2D eigenvalue weighted by Crippen LogP contribution is -2.06. The summed E-state index contributed by atoms with van der Waals surface area (Å²) in [7, 11) is 0. The van der Waals surface area contributed by atoms with Crippen LogP contribution in [0, 0.1) is 0 Å². The van der Waals surface area contributed by atoms with E-state index in [2.05, 4.69) is 0 Å². The molecular weight excluding hydrogens is 212 g/mol. The van der Waals surface area contributed by atoms with Crippen LogP contribution in [-0.2, 0) is 14.3 Å². The quantitative estimate of drug-likeness (QED) is 0.438. The summed E-state index contributed by atoms with van der Waals surface area (Å²) >= 11 is 0. The SMILES string of the molecule is O=C(O)CCCCCCC(=O)OCCCO. The fraction of sp³-hybridized carbons (Fsp3) is 0.818. The highest BCUT2D eigenvalue weighted by Crippen LogP contribution is 2.06. The molecule has 5 heteroatoms. The van der Waals surface area contributed by atoms with Gasteiger partial charge in [-0.3, -0.25) is 9.59 Å². The van der Waals surface area contributed by atoms with Crippen molar-refractivity contribution in [2.75, 3.05) is 13.2 Å². The van der Waals surface area contributed by atoms with Crippen molar-refractivity contribution in [3.05, 3.63) is 0 Å². The van der Waals surface area contributed by atoms with Crippen LogP contribution in [0.5, 0.6) is 0 Å². The summed E-state index contributed by atoms with van der Waals surface area (Å²) < 4.78 is 4.83. The number of hydrogen-bond acceptors (Lipinski definition) is 4. The predicted molar refractivity (Wildman–Crippen MR) is 58.0 cm³/mol. The van der Waals surface area contributed by atoms with Gasteiger partial charge in [-0.25, -0.2) is 0 Å². The van der Waals surface area contributed by atoms with Gasteiger partial charge >= 0.3 is 11.9 Å². The second kappa shape index (κ2) is 10.4. The maximum Gasteiger partial charge on any atom is 0.305 e. The molecule has 0 unspecified atom stereocenters. The van der Waals surface area contributed by atoms with Gasteiger partial charge in [0.05, 0.1) is 6.61 Å². The maximum absolute atomic E-state index is 11.1. The molecule has 0 atom stereocenters. The zero-order chi connectivity index (χ0) is 12.2. The fourth-order valence-corrected chi connectivity index (χ4v) is 1.22. The highest BCUT2D eigenvalue weighted by atomic mass is 16.5. The fourth-order valence-electron chi connectivity index (χ4n) is 1.22. The number of unbranched alkanes of at least 4 members (excludes halogenated alkanes) is 3. The summed E-state index contributed by atoms with van der Waals surface area (Å²) in [6.45, 7) is 0.302. The smallest absolute Gasteiger partial charge is 0.305 e. The molecule has 16 heavy (non-hydrogen) atoms. The van der Waals surface area contributed by atoms with Crippen LogP contribution in [0.2, 0.25) is 0 Å². The van der Waals surface area contributed by atoms with Crippen LogP contribution in [0.1, 0.15) is 44.9 Å². The lowest BCUT2D eigenvalue weighted by molar-refractivity contribution is -0.144. The first-order valence-corrected chi connectivity index (χ1v) is 5.65. The number of esters is 1. The van der Waals surface area contributed by atoms with Crippen LogP contribution in [0.3, 0.4) is 0 Å². The van der Waals surface area contributed by atoms with Crippen LogP contribution in [0.15, 0.2) is 0 Å². The summed E-state index contributed by atoms with van der Waals surface area (Å²) in [6.07, 6.45) is 4.12. The Morgan fingerprint density at radius 2 is 1.56 bits per heavy atom. The van der Waals surface area contributed by atoms with Crippen LogP contribution in [0.25, 0.3) is 0 Å². The minimum absolute atomic E-state index is 0.0302. The Morgan fingerprint density at radius 1 is 0.938 bits per heavy atom. The number of carboxylic acids is 1. The van der Waals surface area contributed by atoms with Gasteiger partial charge in [-0.1, -0.05) is 12.8 Å². The first-order chi connectivity index (χ1) is 7.66. The number of rotatable bonds is 10. The van der Waals surface area contributed by atoms with Gasteiger partial charge in [-0.05, 0) is 12.8 Å². The van der Waals surface area contributed by atoms with E-state index in [0.29, 0.717) is 19.3 Å². The zero-order valence-electron chi connectivity index (χ0n) is 9.48. The van der Waals surface area contributed by atoms with Gasteiger partial charge in [0.2, 0.25) is 0 Å². The van der Waals surface area contributed by atoms with Gasteiger partial charge in [0.25, 0.3) is 0 Å². The minimum atomic E-state index is -0.775. The average molecular weight is 232 g/mol. The molecule has 2 N–H and O–H groups in total. The van der Waals surface area contributed by atoms with E-state index in [1.165, 1.54) is 0 Å². The van der Waals surface area contributed by atoms with Gasteiger partial charge in [-0.15, -0.1) is 0 Å². The summed E-state index contributed by atoms with van der Waals surface area (Å²) in [5.74, 6) is -1.02. The summed E-state index contributed by atoms with van der Waals surface area (Å²) in [5.41, 5.74) is 0. The lowest BCUT2D eigenvalue weighted by Gasteiger charge is -2.03. The van der Waals surface area contributed by atoms with E-state index in [1.54, 1.807) is 0 Å². The van der Waals surface area contributed by atoms with Crippen molar-refractivity contribution in [3.63, 3.8) is 0 Å². The molecule has 0 spiro atoms. The van der Waals surface area contributed by atoms with Gasteiger partial charge in [0.1, 0.15) is 0 Å². The molecule has 0 heterocycles. The summed E-state index contributed by atoms with van der Waals surface area (Å²) in [5, 5.41) is 16.8. The number of aliphatic hydroxyl groups excluding tert-OH is 1. The van der Waals surface area contributed by atoms with Gasteiger partial charge in [0, 0.05) is 25.9 Å². The lowest BCUT2D eigenvalue weighted by atomic mass is 10.1. The normalized spacial score (nSPS) is 10.1. The predicted octanol–water partition coefficient (Wildman–Crippen LogP) is 1.34. The Balaban J connectivity index is 3.18. The van der Waals surface area contributed by atoms with E-state index in [4.69, 9.17) is 14.9 Å². The number of aliphatic hydroxyl groups is 1. The molecule has 0 rings (SSSR count). The number of aliphatic carboxylic acids is 1. The van der Waals surface area contributed by atoms with E-state index < -0.39 is 5.97 Å². The number of ether oxygens (including phenoxy) is 1. The molecule has 0 aromatic rings. The van der Waals surface area contributed by atoms with E-state index >= 15 is 0 Å². The summed E-state index contributed by atoms with van der Waals surface area (Å²) in [6, 6.07) is 0. The third-order valence-electron chi connectivity index (χ3n) is 2.09. The zero-order valence-corrected chi connectivity index (χ0v) is 9.48. The van der Waals surface area contributed by atoms with Crippen molar-refractivity contribution in [2.45, 2.75) is 44.9 Å². The number of carbonyl (C=O) groups excluding carboxylic acids is 1. The first-order valence-electron chi connectivity index (χ1n) is 5.65. The second-order valence-electron chi connectivity index (χ2n) is 3.61. The molecule has 0 amide bonds. The van der Waals surface area contributed by atoms with Crippen LogP contribution >= 0.6 is 0 Å². The molecule has 5 nitrogen and oxygen atoms in total. The molecule has 0 aliphatic carbocycles. The molecule has 0 aliphatic rings. The molecule has 0 aromatic heterocycles. The third-order valence-corrected chi connectivity index (χ3v) is 2.09. The van der Waals surface area contributed by atoms with Gasteiger partial charge in [0.15, 0.2) is 0 Å². The Bertz CT molecular complexity index is 203. The van der Waals surface area contributed by atoms with Crippen molar-refractivity contribution in [2.24, 2.45) is 0 Å².